The monoisotopic (exact) mass is 367 g/mol. The van der Waals surface area contributed by atoms with Gasteiger partial charge in [-0.15, -0.1) is 10.2 Å². The molecule has 25 heavy (non-hydrogen) atoms. The molecular weight excluding hydrogens is 350 g/mol. The fourth-order valence-corrected chi connectivity index (χ4v) is 2.36. The number of methoxy groups -OCH3 is 2. The Labute approximate surface area is 148 Å². The van der Waals surface area contributed by atoms with Crippen LogP contribution in [0.4, 0.5) is 4.79 Å². The summed E-state index contributed by atoms with van der Waals surface area (Å²) >= 11 is 1.01. The number of alkyl carbamates (subject to hydrolysis) is 1. The first-order valence-corrected chi connectivity index (χ1v) is 8.21. The van der Waals surface area contributed by atoms with Gasteiger partial charge >= 0.3 is 6.09 Å². The minimum Gasteiger partial charge on any atom is -0.493 e. The summed E-state index contributed by atoms with van der Waals surface area (Å²) in [5.74, 6) is 0.799. The predicted octanol–water partition coefficient (Wildman–Crippen LogP) is 2.12. The summed E-state index contributed by atoms with van der Waals surface area (Å²) < 4.78 is 20.5. The molecule has 2 rings (SSSR count). The summed E-state index contributed by atoms with van der Waals surface area (Å²) in [5.41, 5.74) is 0.646. The van der Waals surface area contributed by atoms with Crippen molar-refractivity contribution in [2.45, 2.75) is 12.1 Å². The van der Waals surface area contributed by atoms with Crippen LogP contribution in [0.15, 0.2) is 27.8 Å². The molecular formula is C15H17N3O6S. The van der Waals surface area contributed by atoms with Gasteiger partial charge in [-0.25, -0.2) is 4.79 Å². The standard InChI is InChI=1S/C15H17N3O6S/c1-4-23-14(20)16-12(19)8-25-15-18-17-13(24-15)9-5-6-10(21-2)11(7-9)22-3/h5-7H,4,8H2,1-3H3,(H,16,19,20). The van der Waals surface area contributed by atoms with Gasteiger partial charge in [0.25, 0.3) is 5.22 Å². The maximum Gasteiger partial charge on any atom is 0.413 e. The Morgan fingerprint density at radius 3 is 2.64 bits per heavy atom. The van der Waals surface area contributed by atoms with Crippen LogP contribution in [0.25, 0.3) is 11.5 Å². The lowest BCUT2D eigenvalue weighted by Crippen LogP contribution is -2.32. The first-order valence-electron chi connectivity index (χ1n) is 7.22. The van der Waals surface area contributed by atoms with Gasteiger partial charge < -0.3 is 18.6 Å². The van der Waals surface area contributed by atoms with Gasteiger partial charge in [0.2, 0.25) is 11.8 Å². The summed E-state index contributed by atoms with van der Waals surface area (Å²) in [6.07, 6.45) is -0.787. The van der Waals surface area contributed by atoms with Gasteiger partial charge in [0.1, 0.15) is 0 Å². The summed E-state index contributed by atoms with van der Waals surface area (Å²) in [6, 6.07) is 5.17. The minimum atomic E-state index is -0.787. The smallest absolute Gasteiger partial charge is 0.413 e. The van der Waals surface area contributed by atoms with Crippen molar-refractivity contribution in [1.82, 2.24) is 15.5 Å². The van der Waals surface area contributed by atoms with Crippen LogP contribution < -0.4 is 14.8 Å². The third-order valence-electron chi connectivity index (χ3n) is 2.88. The zero-order chi connectivity index (χ0) is 18.2. The molecule has 0 aliphatic rings. The highest BCUT2D eigenvalue weighted by molar-refractivity contribution is 7.99. The van der Waals surface area contributed by atoms with Crippen molar-refractivity contribution in [2.75, 3.05) is 26.6 Å². The molecule has 0 aliphatic heterocycles. The van der Waals surface area contributed by atoms with Crippen molar-refractivity contribution in [3.05, 3.63) is 18.2 Å². The van der Waals surface area contributed by atoms with E-state index in [2.05, 4.69) is 20.3 Å². The molecule has 0 radical (unpaired) electrons. The highest BCUT2D eigenvalue weighted by Crippen LogP contribution is 2.32. The van der Waals surface area contributed by atoms with Gasteiger partial charge in [0.15, 0.2) is 11.5 Å². The van der Waals surface area contributed by atoms with Gasteiger partial charge in [0.05, 0.1) is 26.6 Å². The Morgan fingerprint density at radius 2 is 1.96 bits per heavy atom. The highest BCUT2D eigenvalue weighted by atomic mass is 32.2. The van der Waals surface area contributed by atoms with E-state index in [4.69, 9.17) is 13.9 Å². The third-order valence-corrected chi connectivity index (χ3v) is 3.70. The summed E-state index contributed by atoms with van der Waals surface area (Å²) in [7, 11) is 3.07. The van der Waals surface area contributed by atoms with Crippen LogP contribution in [-0.4, -0.2) is 48.8 Å². The van der Waals surface area contributed by atoms with E-state index in [0.29, 0.717) is 17.1 Å². The molecule has 0 spiro atoms. The van der Waals surface area contributed by atoms with E-state index in [-0.39, 0.29) is 23.5 Å². The van der Waals surface area contributed by atoms with Gasteiger partial charge in [-0.05, 0) is 25.1 Å². The van der Waals surface area contributed by atoms with Crippen molar-refractivity contribution in [2.24, 2.45) is 0 Å². The number of aromatic nitrogens is 2. The number of thioether (sulfide) groups is 1. The maximum atomic E-state index is 11.6. The normalized spacial score (nSPS) is 10.2. The second-order valence-electron chi connectivity index (χ2n) is 4.50. The fraction of sp³-hybridized carbons (Fsp3) is 0.333. The van der Waals surface area contributed by atoms with Crippen LogP contribution in [0.1, 0.15) is 6.92 Å². The summed E-state index contributed by atoms with van der Waals surface area (Å²) in [6.45, 7) is 1.83. The molecule has 1 aromatic carbocycles. The summed E-state index contributed by atoms with van der Waals surface area (Å²) in [4.78, 5) is 22.7. The lowest BCUT2D eigenvalue weighted by molar-refractivity contribution is -0.117. The Balaban J connectivity index is 1.98. The molecule has 1 heterocycles. The first-order chi connectivity index (χ1) is 12.1. The Bertz CT molecular complexity index is 749. The summed E-state index contributed by atoms with van der Waals surface area (Å²) in [5, 5.41) is 10.1. The molecule has 1 aromatic heterocycles. The van der Waals surface area contributed by atoms with Gasteiger partial charge in [-0.3, -0.25) is 10.1 Å². The molecule has 0 atom stereocenters. The van der Waals surface area contributed by atoms with E-state index in [9.17, 15) is 9.59 Å². The Hall–Kier alpha value is -2.75. The quantitative estimate of drug-likeness (QED) is 0.735. The number of imide groups is 1. The zero-order valence-corrected chi connectivity index (χ0v) is 14.7. The van der Waals surface area contributed by atoms with Crippen molar-refractivity contribution in [3.63, 3.8) is 0 Å². The number of rotatable bonds is 7. The lowest BCUT2D eigenvalue weighted by atomic mass is 10.2. The van der Waals surface area contributed by atoms with Crippen LogP contribution in [0.2, 0.25) is 0 Å². The number of benzene rings is 1. The number of nitrogens with one attached hydrogen (secondary N) is 1. The average Bonchev–Trinajstić information content (AvgIpc) is 3.08. The maximum absolute atomic E-state index is 11.6. The largest absolute Gasteiger partial charge is 0.493 e. The highest BCUT2D eigenvalue weighted by Gasteiger charge is 2.14. The topological polar surface area (TPSA) is 113 Å². The van der Waals surface area contributed by atoms with Crippen LogP contribution in [0.5, 0.6) is 11.5 Å². The van der Waals surface area contributed by atoms with Gasteiger partial charge in [-0.1, -0.05) is 11.8 Å². The van der Waals surface area contributed by atoms with Crippen LogP contribution in [0, 0.1) is 0 Å². The van der Waals surface area contributed by atoms with E-state index < -0.39 is 12.0 Å². The number of hydrogen-bond acceptors (Lipinski definition) is 9. The predicted molar refractivity (Wildman–Crippen MR) is 88.7 cm³/mol. The molecule has 1 N–H and O–H groups in total. The molecule has 0 saturated heterocycles. The number of carbonyl (C=O) groups excluding carboxylic acids is 2. The molecule has 0 fully saturated rings. The SMILES string of the molecule is CCOC(=O)NC(=O)CSc1nnc(-c2ccc(OC)c(OC)c2)o1. The Morgan fingerprint density at radius 1 is 1.20 bits per heavy atom. The van der Waals surface area contributed by atoms with E-state index in [1.54, 1.807) is 32.2 Å². The molecule has 134 valence electrons. The van der Waals surface area contributed by atoms with Crippen molar-refractivity contribution in [1.29, 1.82) is 0 Å². The molecule has 0 bridgehead atoms. The molecule has 2 aromatic rings. The van der Waals surface area contributed by atoms with Crippen LogP contribution >= 0.6 is 11.8 Å². The number of ether oxygens (including phenoxy) is 3. The first kappa shape index (κ1) is 18.6. The number of nitrogens with zero attached hydrogens (tertiary/aromatic N) is 2. The molecule has 10 heteroatoms. The van der Waals surface area contributed by atoms with E-state index in [0.717, 1.165) is 11.8 Å². The van der Waals surface area contributed by atoms with Crippen molar-refractivity contribution < 1.29 is 28.2 Å². The molecule has 0 aliphatic carbocycles. The van der Waals surface area contributed by atoms with Gasteiger partial charge in [-0.2, -0.15) is 0 Å². The van der Waals surface area contributed by atoms with Crippen LogP contribution in [0.3, 0.4) is 0 Å². The van der Waals surface area contributed by atoms with Crippen molar-refractivity contribution >= 4 is 23.8 Å². The van der Waals surface area contributed by atoms with Crippen LogP contribution in [-0.2, 0) is 9.53 Å². The van der Waals surface area contributed by atoms with E-state index in [1.807, 2.05) is 0 Å². The fourth-order valence-electron chi connectivity index (χ4n) is 1.80. The Kier molecular flexibility index (Phi) is 6.63. The number of carbonyl (C=O) groups is 2. The second kappa shape index (κ2) is 8.92. The molecule has 9 nitrogen and oxygen atoms in total. The molecule has 2 amide bonds. The zero-order valence-electron chi connectivity index (χ0n) is 13.9. The van der Waals surface area contributed by atoms with Gasteiger partial charge in [0, 0.05) is 5.56 Å². The average molecular weight is 367 g/mol. The van der Waals surface area contributed by atoms with E-state index in [1.165, 1.54) is 7.11 Å². The molecule has 0 unspecified atom stereocenters. The minimum absolute atomic E-state index is 0.0631. The number of hydrogen-bond donors (Lipinski definition) is 1. The third kappa shape index (κ3) is 5.11. The molecule has 0 saturated carbocycles. The second-order valence-corrected chi connectivity index (χ2v) is 5.43. The number of amides is 2. The lowest BCUT2D eigenvalue weighted by Gasteiger charge is -2.07. The van der Waals surface area contributed by atoms with E-state index >= 15 is 0 Å². The van der Waals surface area contributed by atoms with Crippen molar-refractivity contribution in [3.8, 4) is 23.0 Å².